The Morgan fingerprint density at radius 2 is 1.43 bits per heavy atom. The number of anilines is 1. The molecule has 0 bridgehead atoms. The van der Waals surface area contributed by atoms with Crippen LogP contribution in [0.1, 0.15) is 29.5 Å². The summed E-state index contributed by atoms with van der Waals surface area (Å²) < 4.78 is 6.25. The number of ether oxygens (including phenoxy) is 1. The van der Waals surface area contributed by atoms with E-state index in [-0.39, 0.29) is 5.92 Å². The highest BCUT2D eigenvalue weighted by Gasteiger charge is 2.25. The third-order valence-electron chi connectivity index (χ3n) is 7.03. The monoisotopic (exact) mass is 492 g/mol. The number of para-hydroxylation sites is 1. The Labute approximate surface area is 218 Å². The molecule has 1 aromatic heterocycles. The van der Waals surface area contributed by atoms with Crippen molar-refractivity contribution in [2.45, 2.75) is 32.3 Å². The standard InChI is InChI=1S/C32H32N2O3/c35-32(36)27-19-21-34(22-20-27)31-12-6-10-29(33-31)28-9-4-5-11-30(28)37-23-26-17-15-25(16-18-26)14-13-24-7-2-1-3-8-24/h1-12,15-18,27H,13-14,19-23H2,(H,35,36). The van der Waals surface area contributed by atoms with Crippen molar-refractivity contribution in [3.05, 3.63) is 114 Å². The van der Waals surface area contributed by atoms with Crippen LogP contribution in [0.5, 0.6) is 5.75 Å². The van der Waals surface area contributed by atoms with Crippen LogP contribution < -0.4 is 9.64 Å². The van der Waals surface area contributed by atoms with Crippen LogP contribution in [0.3, 0.4) is 0 Å². The van der Waals surface area contributed by atoms with Gasteiger partial charge in [-0.05, 0) is 66.6 Å². The largest absolute Gasteiger partial charge is 0.488 e. The molecular formula is C32H32N2O3. The third-order valence-corrected chi connectivity index (χ3v) is 7.03. The van der Waals surface area contributed by atoms with Crippen LogP contribution in [0.2, 0.25) is 0 Å². The molecule has 0 aliphatic carbocycles. The molecule has 4 aromatic rings. The summed E-state index contributed by atoms with van der Waals surface area (Å²) in [6.07, 6.45) is 3.34. The number of rotatable bonds is 9. The zero-order chi connectivity index (χ0) is 25.5. The number of piperidine rings is 1. The van der Waals surface area contributed by atoms with Crippen molar-refractivity contribution in [1.29, 1.82) is 0 Å². The number of carboxylic acid groups (broad SMARTS) is 1. The molecule has 1 saturated heterocycles. The van der Waals surface area contributed by atoms with E-state index in [2.05, 4.69) is 59.5 Å². The molecule has 0 unspecified atom stereocenters. The molecule has 188 valence electrons. The second-order valence-corrected chi connectivity index (χ2v) is 9.57. The summed E-state index contributed by atoms with van der Waals surface area (Å²) in [7, 11) is 0. The first-order chi connectivity index (χ1) is 18.2. The molecule has 5 heteroatoms. The van der Waals surface area contributed by atoms with Gasteiger partial charge >= 0.3 is 5.97 Å². The summed E-state index contributed by atoms with van der Waals surface area (Å²) in [5.41, 5.74) is 5.60. The highest BCUT2D eigenvalue weighted by atomic mass is 16.5. The summed E-state index contributed by atoms with van der Waals surface area (Å²) in [6, 6.07) is 33.2. The molecule has 1 aliphatic rings. The van der Waals surface area contributed by atoms with E-state index in [9.17, 15) is 9.90 Å². The van der Waals surface area contributed by atoms with Crippen LogP contribution in [0.4, 0.5) is 5.82 Å². The second-order valence-electron chi connectivity index (χ2n) is 9.57. The Hall–Kier alpha value is -4.12. The lowest BCUT2D eigenvalue weighted by Crippen LogP contribution is -2.36. The van der Waals surface area contributed by atoms with Crippen molar-refractivity contribution in [1.82, 2.24) is 4.98 Å². The fourth-order valence-electron chi connectivity index (χ4n) is 4.81. The van der Waals surface area contributed by atoms with Crippen molar-refractivity contribution in [3.8, 4) is 17.0 Å². The minimum absolute atomic E-state index is 0.258. The Kier molecular flexibility index (Phi) is 7.80. The molecule has 1 aliphatic heterocycles. The fourth-order valence-corrected chi connectivity index (χ4v) is 4.81. The molecule has 0 amide bonds. The van der Waals surface area contributed by atoms with Crippen molar-refractivity contribution >= 4 is 11.8 Å². The zero-order valence-electron chi connectivity index (χ0n) is 20.9. The van der Waals surface area contributed by atoms with Gasteiger partial charge in [-0.15, -0.1) is 0 Å². The predicted octanol–water partition coefficient (Wildman–Crippen LogP) is 6.41. The van der Waals surface area contributed by atoms with Gasteiger partial charge in [-0.2, -0.15) is 0 Å². The summed E-state index contributed by atoms with van der Waals surface area (Å²) >= 11 is 0. The molecule has 2 heterocycles. The van der Waals surface area contributed by atoms with Gasteiger partial charge in [-0.1, -0.05) is 72.8 Å². The van der Waals surface area contributed by atoms with Gasteiger partial charge in [-0.3, -0.25) is 4.79 Å². The number of benzene rings is 3. The maximum Gasteiger partial charge on any atom is 0.306 e. The van der Waals surface area contributed by atoms with Crippen molar-refractivity contribution in [3.63, 3.8) is 0 Å². The van der Waals surface area contributed by atoms with Gasteiger partial charge in [0.05, 0.1) is 11.6 Å². The number of hydrogen-bond donors (Lipinski definition) is 1. The van der Waals surface area contributed by atoms with E-state index in [1.165, 1.54) is 11.1 Å². The van der Waals surface area contributed by atoms with Gasteiger partial charge in [-0.25, -0.2) is 4.98 Å². The van der Waals surface area contributed by atoms with Crippen LogP contribution in [-0.2, 0) is 24.2 Å². The highest BCUT2D eigenvalue weighted by Crippen LogP contribution is 2.31. The minimum Gasteiger partial charge on any atom is -0.488 e. The fraction of sp³-hybridized carbons (Fsp3) is 0.250. The van der Waals surface area contributed by atoms with Gasteiger partial charge in [0.1, 0.15) is 18.2 Å². The van der Waals surface area contributed by atoms with Crippen LogP contribution >= 0.6 is 0 Å². The molecule has 1 fully saturated rings. The molecule has 5 rings (SSSR count). The van der Waals surface area contributed by atoms with E-state index >= 15 is 0 Å². The maximum atomic E-state index is 11.3. The molecule has 37 heavy (non-hydrogen) atoms. The lowest BCUT2D eigenvalue weighted by molar-refractivity contribution is -0.142. The molecule has 0 radical (unpaired) electrons. The zero-order valence-corrected chi connectivity index (χ0v) is 20.9. The SMILES string of the molecule is O=C(O)C1CCN(c2cccc(-c3ccccc3OCc3ccc(CCc4ccccc4)cc3)n2)CC1. The number of nitrogens with zero attached hydrogens (tertiary/aromatic N) is 2. The quantitative estimate of drug-likeness (QED) is 0.292. The first-order valence-corrected chi connectivity index (χ1v) is 12.9. The summed E-state index contributed by atoms with van der Waals surface area (Å²) in [5.74, 6) is 0.716. The van der Waals surface area contributed by atoms with E-state index in [0.29, 0.717) is 32.5 Å². The number of carboxylic acids is 1. The molecule has 0 saturated carbocycles. The van der Waals surface area contributed by atoms with Gasteiger partial charge < -0.3 is 14.7 Å². The third kappa shape index (κ3) is 6.36. The number of aromatic nitrogens is 1. The molecule has 0 atom stereocenters. The average Bonchev–Trinajstić information content (AvgIpc) is 2.96. The number of aliphatic carboxylic acids is 1. The lowest BCUT2D eigenvalue weighted by Gasteiger charge is -2.31. The Balaban J connectivity index is 1.22. The topological polar surface area (TPSA) is 62.7 Å². The summed E-state index contributed by atoms with van der Waals surface area (Å²) in [6.45, 7) is 1.89. The average molecular weight is 493 g/mol. The van der Waals surface area contributed by atoms with Crippen molar-refractivity contribution in [2.75, 3.05) is 18.0 Å². The maximum absolute atomic E-state index is 11.3. The van der Waals surface area contributed by atoms with Gasteiger partial charge in [0, 0.05) is 18.7 Å². The molecular weight excluding hydrogens is 460 g/mol. The number of hydrogen-bond acceptors (Lipinski definition) is 4. The predicted molar refractivity (Wildman–Crippen MR) is 147 cm³/mol. The van der Waals surface area contributed by atoms with Crippen LogP contribution in [-0.4, -0.2) is 29.1 Å². The van der Waals surface area contributed by atoms with E-state index < -0.39 is 5.97 Å². The van der Waals surface area contributed by atoms with Crippen molar-refractivity contribution in [2.24, 2.45) is 5.92 Å². The van der Waals surface area contributed by atoms with E-state index in [1.807, 2.05) is 42.5 Å². The smallest absolute Gasteiger partial charge is 0.306 e. The lowest BCUT2D eigenvalue weighted by atomic mass is 9.97. The number of aryl methyl sites for hydroxylation is 2. The van der Waals surface area contributed by atoms with Crippen LogP contribution in [0.25, 0.3) is 11.3 Å². The van der Waals surface area contributed by atoms with Crippen LogP contribution in [0, 0.1) is 5.92 Å². The van der Waals surface area contributed by atoms with Crippen LogP contribution in [0.15, 0.2) is 97.1 Å². The molecule has 1 N–H and O–H groups in total. The minimum atomic E-state index is -0.700. The van der Waals surface area contributed by atoms with Gasteiger partial charge in [0.25, 0.3) is 0 Å². The summed E-state index contributed by atoms with van der Waals surface area (Å²) in [5, 5.41) is 9.28. The Bertz CT molecular complexity index is 1310. The number of carbonyl (C=O) groups is 1. The Morgan fingerprint density at radius 1 is 0.784 bits per heavy atom. The second kappa shape index (κ2) is 11.7. The van der Waals surface area contributed by atoms with Gasteiger partial charge in [0.15, 0.2) is 0 Å². The molecule has 5 nitrogen and oxygen atoms in total. The number of pyridine rings is 1. The van der Waals surface area contributed by atoms with E-state index in [1.54, 1.807) is 0 Å². The molecule has 0 spiro atoms. The molecule has 3 aromatic carbocycles. The van der Waals surface area contributed by atoms with Gasteiger partial charge in [0.2, 0.25) is 0 Å². The van der Waals surface area contributed by atoms with E-state index in [0.717, 1.165) is 41.2 Å². The first-order valence-electron chi connectivity index (χ1n) is 12.9. The summed E-state index contributed by atoms with van der Waals surface area (Å²) in [4.78, 5) is 18.4. The normalized spacial score (nSPS) is 13.9. The Morgan fingerprint density at radius 3 is 2.16 bits per heavy atom. The van der Waals surface area contributed by atoms with Crippen molar-refractivity contribution < 1.29 is 14.6 Å². The first kappa shape index (κ1) is 24.6. The van der Waals surface area contributed by atoms with E-state index in [4.69, 9.17) is 9.72 Å². The highest BCUT2D eigenvalue weighted by molar-refractivity contribution is 5.71.